The lowest BCUT2D eigenvalue weighted by atomic mass is 10.0. The van der Waals surface area contributed by atoms with Gasteiger partial charge in [-0.1, -0.05) is 13.0 Å². The number of hydrogen-bond donors (Lipinski definition) is 1. The summed E-state index contributed by atoms with van der Waals surface area (Å²) in [5.41, 5.74) is 6.41. The highest BCUT2D eigenvalue weighted by molar-refractivity contribution is 7.13. The summed E-state index contributed by atoms with van der Waals surface area (Å²) in [6.07, 6.45) is 2.89. The molecule has 114 valence electrons. The number of piperazine rings is 1. The molecule has 2 atom stereocenters. The molecule has 0 amide bonds. The van der Waals surface area contributed by atoms with Crippen LogP contribution >= 0.6 is 22.7 Å². The largest absolute Gasteiger partial charge is 0.346 e. The molecule has 2 unspecified atom stereocenters. The molecule has 0 aliphatic carbocycles. The first kappa shape index (κ1) is 15.0. The van der Waals surface area contributed by atoms with Gasteiger partial charge in [-0.15, -0.1) is 22.7 Å². The Morgan fingerprint density at radius 3 is 2.62 bits per heavy atom. The van der Waals surface area contributed by atoms with Crippen molar-refractivity contribution in [3.8, 4) is 0 Å². The fourth-order valence-electron chi connectivity index (χ4n) is 2.91. The maximum atomic E-state index is 6.41. The minimum Gasteiger partial charge on any atom is -0.346 e. The van der Waals surface area contributed by atoms with E-state index in [0.29, 0.717) is 6.04 Å². The molecule has 3 rings (SSSR count). The van der Waals surface area contributed by atoms with Crippen molar-refractivity contribution >= 4 is 27.8 Å². The molecule has 0 saturated carbocycles. The van der Waals surface area contributed by atoms with Crippen LogP contribution in [0.25, 0.3) is 0 Å². The van der Waals surface area contributed by atoms with E-state index >= 15 is 0 Å². The molecule has 2 aromatic heterocycles. The zero-order chi connectivity index (χ0) is 14.7. The molecule has 4 nitrogen and oxygen atoms in total. The molecule has 1 saturated heterocycles. The van der Waals surface area contributed by atoms with Crippen molar-refractivity contribution in [3.05, 3.63) is 34.0 Å². The van der Waals surface area contributed by atoms with Crippen molar-refractivity contribution < 1.29 is 0 Å². The van der Waals surface area contributed by atoms with E-state index in [1.165, 1.54) is 4.88 Å². The van der Waals surface area contributed by atoms with Crippen LogP contribution in [0.5, 0.6) is 0 Å². The number of hydrogen-bond acceptors (Lipinski definition) is 6. The van der Waals surface area contributed by atoms with E-state index in [4.69, 9.17) is 5.73 Å². The number of rotatable bonds is 5. The Bertz CT molecular complexity index is 518. The molecule has 1 aliphatic heterocycles. The van der Waals surface area contributed by atoms with Gasteiger partial charge in [-0.3, -0.25) is 4.90 Å². The number of thiazole rings is 1. The Morgan fingerprint density at radius 1 is 1.24 bits per heavy atom. The molecule has 1 fully saturated rings. The predicted molar refractivity (Wildman–Crippen MR) is 91.2 cm³/mol. The van der Waals surface area contributed by atoms with Crippen LogP contribution in [0.4, 0.5) is 5.13 Å². The molecule has 1 aliphatic rings. The summed E-state index contributed by atoms with van der Waals surface area (Å²) in [7, 11) is 0. The first-order chi connectivity index (χ1) is 10.3. The Labute approximate surface area is 134 Å². The van der Waals surface area contributed by atoms with Gasteiger partial charge >= 0.3 is 0 Å². The molecule has 21 heavy (non-hydrogen) atoms. The smallest absolute Gasteiger partial charge is 0.185 e. The first-order valence-corrected chi connectivity index (χ1v) is 9.23. The second kappa shape index (κ2) is 6.87. The Hall–Kier alpha value is -0.950. The maximum Gasteiger partial charge on any atom is 0.185 e. The maximum absolute atomic E-state index is 6.41. The van der Waals surface area contributed by atoms with Gasteiger partial charge in [-0.25, -0.2) is 4.98 Å². The van der Waals surface area contributed by atoms with Gasteiger partial charge in [0, 0.05) is 48.7 Å². The van der Waals surface area contributed by atoms with E-state index in [-0.39, 0.29) is 6.04 Å². The highest BCUT2D eigenvalue weighted by atomic mass is 32.1. The van der Waals surface area contributed by atoms with Gasteiger partial charge in [0.1, 0.15) is 0 Å². The van der Waals surface area contributed by atoms with Gasteiger partial charge < -0.3 is 10.6 Å². The van der Waals surface area contributed by atoms with Crippen LogP contribution in [0.3, 0.4) is 0 Å². The SMILES string of the molecule is CCC(N)C(c1cccs1)N1CCN(c2nccs2)CC1. The third-order valence-corrected chi connectivity index (χ3v) is 5.88. The topological polar surface area (TPSA) is 45.4 Å². The quantitative estimate of drug-likeness (QED) is 0.919. The Balaban J connectivity index is 1.68. The number of nitrogens with zero attached hydrogens (tertiary/aromatic N) is 3. The van der Waals surface area contributed by atoms with E-state index in [1.807, 2.05) is 22.9 Å². The molecule has 0 spiro atoms. The fraction of sp³-hybridized carbons (Fsp3) is 0.533. The van der Waals surface area contributed by atoms with E-state index in [1.54, 1.807) is 11.3 Å². The lowest BCUT2D eigenvalue weighted by Gasteiger charge is -2.41. The summed E-state index contributed by atoms with van der Waals surface area (Å²) in [5.74, 6) is 0. The summed E-state index contributed by atoms with van der Waals surface area (Å²) < 4.78 is 0. The van der Waals surface area contributed by atoms with Gasteiger partial charge in [-0.05, 0) is 17.9 Å². The normalized spacial score (nSPS) is 19.6. The average molecular weight is 323 g/mol. The van der Waals surface area contributed by atoms with Crippen molar-refractivity contribution in [2.75, 3.05) is 31.1 Å². The van der Waals surface area contributed by atoms with E-state index in [0.717, 1.165) is 37.7 Å². The fourth-order valence-corrected chi connectivity index (χ4v) is 4.54. The molecular formula is C15H22N4S2. The number of nitrogens with two attached hydrogens (primary N) is 1. The number of anilines is 1. The van der Waals surface area contributed by atoms with Crippen LogP contribution in [0, 0.1) is 0 Å². The summed E-state index contributed by atoms with van der Waals surface area (Å²) in [6.45, 7) is 6.35. The summed E-state index contributed by atoms with van der Waals surface area (Å²) >= 11 is 3.54. The molecule has 2 aromatic rings. The number of aromatic nitrogens is 1. The lowest BCUT2D eigenvalue weighted by molar-refractivity contribution is 0.162. The van der Waals surface area contributed by atoms with Crippen LogP contribution < -0.4 is 10.6 Å². The van der Waals surface area contributed by atoms with Crippen molar-refractivity contribution in [2.45, 2.75) is 25.4 Å². The van der Waals surface area contributed by atoms with Gasteiger partial charge in [0.15, 0.2) is 5.13 Å². The van der Waals surface area contributed by atoms with E-state index in [9.17, 15) is 0 Å². The zero-order valence-electron chi connectivity index (χ0n) is 12.3. The lowest BCUT2D eigenvalue weighted by Crippen LogP contribution is -2.51. The van der Waals surface area contributed by atoms with Crippen LogP contribution in [0.1, 0.15) is 24.3 Å². The standard InChI is InChI=1S/C15H22N4S2/c1-2-12(16)14(13-4-3-10-20-13)18-6-8-19(9-7-18)15-17-5-11-21-15/h3-5,10-12,14H,2,6-9,16H2,1H3. The monoisotopic (exact) mass is 322 g/mol. The van der Waals surface area contributed by atoms with Crippen molar-refractivity contribution in [1.29, 1.82) is 0 Å². The van der Waals surface area contributed by atoms with Crippen molar-refractivity contribution in [2.24, 2.45) is 5.73 Å². The summed E-state index contributed by atoms with van der Waals surface area (Å²) in [4.78, 5) is 10.7. The van der Waals surface area contributed by atoms with Crippen LogP contribution in [-0.4, -0.2) is 42.1 Å². The Kier molecular flexibility index (Phi) is 4.90. The molecular weight excluding hydrogens is 300 g/mol. The zero-order valence-corrected chi connectivity index (χ0v) is 13.9. The third kappa shape index (κ3) is 3.29. The first-order valence-electron chi connectivity index (χ1n) is 7.47. The second-order valence-corrected chi connectivity index (χ2v) is 7.22. The predicted octanol–water partition coefficient (Wildman–Crippen LogP) is 2.81. The summed E-state index contributed by atoms with van der Waals surface area (Å²) in [5, 5.41) is 5.33. The third-order valence-electron chi connectivity index (χ3n) is 4.11. The minimum atomic E-state index is 0.204. The molecule has 0 radical (unpaired) electrons. The molecule has 0 bridgehead atoms. The second-order valence-electron chi connectivity index (χ2n) is 5.37. The molecule has 3 heterocycles. The minimum absolute atomic E-state index is 0.204. The molecule has 0 aromatic carbocycles. The average Bonchev–Trinajstić information content (AvgIpc) is 3.21. The van der Waals surface area contributed by atoms with Gasteiger partial charge in [0.2, 0.25) is 0 Å². The van der Waals surface area contributed by atoms with Crippen LogP contribution in [0.2, 0.25) is 0 Å². The van der Waals surface area contributed by atoms with Gasteiger partial charge in [0.05, 0.1) is 6.04 Å². The summed E-state index contributed by atoms with van der Waals surface area (Å²) in [6, 6.07) is 4.91. The molecule has 6 heteroatoms. The van der Waals surface area contributed by atoms with E-state index in [2.05, 4.69) is 39.2 Å². The molecule has 2 N–H and O–H groups in total. The van der Waals surface area contributed by atoms with Gasteiger partial charge in [-0.2, -0.15) is 0 Å². The van der Waals surface area contributed by atoms with Crippen molar-refractivity contribution in [3.63, 3.8) is 0 Å². The highest BCUT2D eigenvalue weighted by Crippen LogP contribution is 2.30. The highest BCUT2D eigenvalue weighted by Gasteiger charge is 2.29. The van der Waals surface area contributed by atoms with Crippen LogP contribution in [-0.2, 0) is 0 Å². The number of thiophene rings is 1. The van der Waals surface area contributed by atoms with E-state index < -0.39 is 0 Å². The van der Waals surface area contributed by atoms with Crippen molar-refractivity contribution in [1.82, 2.24) is 9.88 Å². The Morgan fingerprint density at radius 2 is 2.05 bits per heavy atom. The van der Waals surface area contributed by atoms with Crippen LogP contribution in [0.15, 0.2) is 29.1 Å². The van der Waals surface area contributed by atoms with Gasteiger partial charge in [0.25, 0.3) is 0 Å².